The molecular formula is C18H16N2O4. The highest BCUT2D eigenvalue weighted by Crippen LogP contribution is 2.24. The molecule has 3 rings (SSSR count). The SMILES string of the molecule is Cc1cc(C)c2c(CC(=O)Nc3ccc(C(=O)O)cc3)noc2c1. The molecule has 0 aliphatic rings. The highest BCUT2D eigenvalue weighted by atomic mass is 16.5. The predicted octanol–water partition coefficient (Wildman–Crippen LogP) is 3.32. The van der Waals surface area contributed by atoms with Gasteiger partial charge in [-0.05, 0) is 55.3 Å². The predicted molar refractivity (Wildman–Crippen MR) is 89.2 cm³/mol. The molecule has 122 valence electrons. The molecule has 2 N–H and O–H groups in total. The highest BCUT2D eigenvalue weighted by molar-refractivity contribution is 5.96. The maximum atomic E-state index is 12.2. The molecule has 0 bridgehead atoms. The average molecular weight is 324 g/mol. The average Bonchev–Trinajstić information content (AvgIpc) is 2.90. The highest BCUT2D eigenvalue weighted by Gasteiger charge is 2.15. The number of anilines is 1. The van der Waals surface area contributed by atoms with Crippen LogP contribution >= 0.6 is 0 Å². The van der Waals surface area contributed by atoms with Gasteiger partial charge in [0.2, 0.25) is 5.91 Å². The van der Waals surface area contributed by atoms with Crippen molar-refractivity contribution in [1.29, 1.82) is 0 Å². The topological polar surface area (TPSA) is 92.4 Å². The summed E-state index contributed by atoms with van der Waals surface area (Å²) in [6, 6.07) is 9.90. The first-order valence-electron chi connectivity index (χ1n) is 7.43. The lowest BCUT2D eigenvalue weighted by Gasteiger charge is -2.05. The Morgan fingerprint density at radius 2 is 1.88 bits per heavy atom. The Bertz CT molecular complexity index is 926. The quantitative estimate of drug-likeness (QED) is 0.768. The molecule has 0 unspecified atom stereocenters. The van der Waals surface area contributed by atoms with Gasteiger partial charge in [-0.2, -0.15) is 0 Å². The molecule has 0 radical (unpaired) electrons. The Hall–Kier alpha value is -3.15. The van der Waals surface area contributed by atoms with Crippen LogP contribution in [0.25, 0.3) is 11.0 Å². The number of nitrogens with zero attached hydrogens (tertiary/aromatic N) is 1. The van der Waals surface area contributed by atoms with Gasteiger partial charge >= 0.3 is 5.97 Å². The van der Waals surface area contributed by atoms with Crippen LogP contribution in [0.2, 0.25) is 0 Å². The summed E-state index contributed by atoms with van der Waals surface area (Å²) in [5, 5.41) is 16.5. The first-order chi connectivity index (χ1) is 11.4. The summed E-state index contributed by atoms with van der Waals surface area (Å²) in [6.45, 7) is 3.93. The molecule has 24 heavy (non-hydrogen) atoms. The molecule has 1 amide bonds. The summed E-state index contributed by atoms with van der Waals surface area (Å²) in [6.07, 6.45) is 0.0809. The third-order valence-electron chi connectivity index (χ3n) is 3.73. The number of hydrogen-bond donors (Lipinski definition) is 2. The van der Waals surface area contributed by atoms with Crippen molar-refractivity contribution in [2.24, 2.45) is 0 Å². The first kappa shape index (κ1) is 15.7. The van der Waals surface area contributed by atoms with Crippen molar-refractivity contribution in [2.75, 3.05) is 5.32 Å². The summed E-state index contributed by atoms with van der Waals surface area (Å²) in [4.78, 5) is 23.0. The second kappa shape index (κ2) is 6.16. The molecule has 0 spiro atoms. The molecule has 1 aromatic heterocycles. The van der Waals surface area contributed by atoms with Crippen molar-refractivity contribution in [1.82, 2.24) is 5.16 Å². The van der Waals surface area contributed by atoms with E-state index in [4.69, 9.17) is 9.63 Å². The van der Waals surface area contributed by atoms with Crippen LogP contribution in [0.15, 0.2) is 40.9 Å². The maximum absolute atomic E-state index is 12.2. The Kier molecular flexibility index (Phi) is 4.04. The van der Waals surface area contributed by atoms with Gasteiger partial charge in [-0.1, -0.05) is 11.2 Å². The number of rotatable bonds is 4. The fourth-order valence-electron chi connectivity index (χ4n) is 2.69. The van der Waals surface area contributed by atoms with E-state index in [0.717, 1.165) is 16.5 Å². The third kappa shape index (κ3) is 3.12. The smallest absolute Gasteiger partial charge is 0.335 e. The van der Waals surface area contributed by atoms with E-state index in [2.05, 4.69) is 10.5 Å². The first-order valence-corrected chi connectivity index (χ1v) is 7.43. The van der Waals surface area contributed by atoms with Crippen LogP contribution in [0.3, 0.4) is 0 Å². The van der Waals surface area contributed by atoms with Gasteiger partial charge in [-0.3, -0.25) is 4.79 Å². The van der Waals surface area contributed by atoms with Crippen LogP contribution in [-0.4, -0.2) is 22.1 Å². The van der Waals surface area contributed by atoms with Crippen molar-refractivity contribution in [2.45, 2.75) is 20.3 Å². The van der Waals surface area contributed by atoms with Crippen LogP contribution < -0.4 is 5.32 Å². The van der Waals surface area contributed by atoms with E-state index < -0.39 is 5.97 Å². The normalized spacial score (nSPS) is 10.8. The lowest BCUT2D eigenvalue weighted by atomic mass is 10.0. The number of aromatic nitrogens is 1. The van der Waals surface area contributed by atoms with Crippen LogP contribution in [0.5, 0.6) is 0 Å². The summed E-state index contributed by atoms with van der Waals surface area (Å²) in [5.74, 6) is -1.25. The van der Waals surface area contributed by atoms with E-state index in [-0.39, 0.29) is 17.9 Å². The molecule has 0 saturated carbocycles. The van der Waals surface area contributed by atoms with Gasteiger partial charge in [-0.15, -0.1) is 0 Å². The van der Waals surface area contributed by atoms with Gasteiger partial charge in [0.05, 0.1) is 12.0 Å². The molecule has 1 heterocycles. The second-order valence-electron chi connectivity index (χ2n) is 5.69. The van der Waals surface area contributed by atoms with E-state index in [1.807, 2.05) is 26.0 Å². The van der Waals surface area contributed by atoms with E-state index in [1.165, 1.54) is 12.1 Å². The number of carbonyl (C=O) groups is 2. The number of carbonyl (C=O) groups excluding carboxylic acids is 1. The minimum Gasteiger partial charge on any atom is -0.478 e. The Balaban J connectivity index is 1.76. The number of aryl methyl sites for hydroxylation is 2. The van der Waals surface area contributed by atoms with Gasteiger partial charge in [0, 0.05) is 11.1 Å². The summed E-state index contributed by atoms with van der Waals surface area (Å²) < 4.78 is 5.31. The standard InChI is InChI=1S/C18H16N2O4/c1-10-7-11(2)17-14(20-24-15(17)8-10)9-16(21)19-13-5-3-12(4-6-13)18(22)23/h3-8H,9H2,1-2H3,(H,19,21)(H,22,23). The maximum Gasteiger partial charge on any atom is 0.335 e. The van der Waals surface area contributed by atoms with E-state index in [9.17, 15) is 9.59 Å². The van der Waals surface area contributed by atoms with Gasteiger partial charge < -0.3 is 14.9 Å². The molecule has 3 aromatic rings. The summed E-state index contributed by atoms with van der Waals surface area (Å²) in [5.41, 5.74) is 4.04. The Morgan fingerprint density at radius 3 is 2.54 bits per heavy atom. The lowest BCUT2D eigenvalue weighted by Crippen LogP contribution is -2.15. The van der Waals surface area contributed by atoms with Crippen LogP contribution in [0, 0.1) is 13.8 Å². The van der Waals surface area contributed by atoms with Crippen molar-refractivity contribution < 1.29 is 19.2 Å². The number of nitrogens with one attached hydrogen (secondary N) is 1. The van der Waals surface area contributed by atoms with Crippen molar-refractivity contribution >= 4 is 28.5 Å². The van der Waals surface area contributed by atoms with Gasteiger partial charge in [0.15, 0.2) is 5.58 Å². The second-order valence-corrected chi connectivity index (χ2v) is 5.69. The number of carboxylic acid groups (broad SMARTS) is 1. The fraction of sp³-hybridized carbons (Fsp3) is 0.167. The molecule has 6 nitrogen and oxygen atoms in total. The number of fused-ring (bicyclic) bond motifs is 1. The largest absolute Gasteiger partial charge is 0.478 e. The van der Waals surface area contributed by atoms with Gasteiger partial charge in [0.25, 0.3) is 0 Å². The molecule has 0 fully saturated rings. The third-order valence-corrected chi connectivity index (χ3v) is 3.73. The Morgan fingerprint density at radius 1 is 1.17 bits per heavy atom. The van der Waals surface area contributed by atoms with E-state index in [0.29, 0.717) is 17.0 Å². The zero-order chi connectivity index (χ0) is 17.3. The van der Waals surface area contributed by atoms with Crippen molar-refractivity contribution in [3.63, 3.8) is 0 Å². The Labute approximate surface area is 138 Å². The number of benzene rings is 2. The monoisotopic (exact) mass is 324 g/mol. The number of aromatic carboxylic acids is 1. The van der Waals surface area contributed by atoms with Crippen molar-refractivity contribution in [3.8, 4) is 0 Å². The lowest BCUT2D eigenvalue weighted by molar-refractivity contribution is -0.115. The zero-order valence-electron chi connectivity index (χ0n) is 13.3. The van der Waals surface area contributed by atoms with Crippen LogP contribution in [-0.2, 0) is 11.2 Å². The molecule has 2 aromatic carbocycles. The van der Waals surface area contributed by atoms with Crippen LogP contribution in [0.1, 0.15) is 27.2 Å². The van der Waals surface area contributed by atoms with E-state index in [1.54, 1.807) is 12.1 Å². The molecule has 6 heteroatoms. The summed E-state index contributed by atoms with van der Waals surface area (Å²) in [7, 11) is 0. The molecule has 0 aliphatic carbocycles. The number of amides is 1. The van der Waals surface area contributed by atoms with Gasteiger partial charge in [0.1, 0.15) is 5.69 Å². The zero-order valence-corrected chi connectivity index (χ0v) is 13.3. The van der Waals surface area contributed by atoms with Crippen LogP contribution in [0.4, 0.5) is 5.69 Å². The number of hydrogen-bond acceptors (Lipinski definition) is 4. The van der Waals surface area contributed by atoms with Crippen molar-refractivity contribution in [3.05, 3.63) is 58.8 Å². The minimum atomic E-state index is -1.01. The van der Waals surface area contributed by atoms with Gasteiger partial charge in [-0.25, -0.2) is 4.79 Å². The molecular weight excluding hydrogens is 308 g/mol. The molecule has 0 aliphatic heterocycles. The number of carboxylic acids is 1. The van der Waals surface area contributed by atoms with E-state index >= 15 is 0 Å². The minimum absolute atomic E-state index is 0.0809. The fourth-order valence-corrected chi connectivity index (χ4v) is 2.69. The molecule has 0 saturated heterocycles. The molecule has 0 atom stereocenters. The summed E-state index contributed by atoms with van der Waals surface area (Å²) >= 11 is 0.